The summed E-state index contributed by atoms with van der Waals surface area (Å²) in [6.07, 6.45) is 3.45. The van der Waals surface area contributed by atoms with Gasteiger partial charge in [0.1, 0.15) is 7.85 Å². The Morgan fingerprint density at radius 1 is 0.906 bits per heavy atom. The molecule has 0 atom stereocenters. The van der Waals surface area contributed by atoms with Crippen LogP contribution < -0.4 is 10.8 Å². The van der Waals surface area contributed by atoms with Crippen molar-refractivity contribution in [3.8, 4) is 0 Å². The molecule has 0 radical (unpaired) electrons. The monoisotopic (exact) mass is 433 g/mol. The van der Waals surface area contributed by atoms with Gasteiger partial charge in [-0.15, -0.1) is 0 Å². The highest BCUT2D eigenvalue weighted by molar-refractivity contribution is 7.99. The molecule has 3 aromatic carbocycles. The summed E-state index contributed by atoms with van der Waals surface area (Å²) in [4.78, 5) is 24.1. The molecule has 1 aliphatic heterocycles. The summed E-state index contributed by atoms with van der Waals surface area (Å²) in [5.74, 6) is -0.122. The SMILES string of the molecule is Bc1cccc(C2=Nc3cc(C(=O)NCc4ccncc4)ccc3Sc3ccccc32)c1. The van der Waals surface area contributed by atoms with E-state index >= 15 is 0 Å². The van der Waals surface area contributed by atoms with Gasteiger partial charge in [-0.3, -0.25) is 9.78 Å². The molecule has 0 bridgehead atoms. The molecule has 1 amide bonds. The molecule has 0 unspecified atom stereocenters. The highest BCUT2D eigenvalue weighted by atomic mass is 32.2. The third-order valence-corrected chi connectivity index (χ3v) is 6.45. The fourth-order valence-electron chi connectivity index (χ4n) is 3.68. The molecule has 1 N–H and O–H groups in total. The lowest BCUT2D eigenvalue weighted by atomic mass is 9.91. The summed E-state index contributed by atoms with van der Waals surface area (Å²) in [6, 6.07) is 26.2. The van der Waals surface area contributed by atoms with Crippen molar-refractivity contribution in [1.82, 2.24) is 10.3 Å². The van der Waals surface area contributed by atoms with Crippen molar-refractivity contribution >= 4 is 42.4 Å². The number of aliphatic imine (C=N–C) groups is 1. The van der Waals surface area contributed by atoms with Crippen molar-refractivity contribution in [1.29, 1.82) is 0 Å². The number of hydrogen-bond acceptors (Lipinski definition) is 4. The average Bonchev–Trinajstić information content (AvgIpc) is 2.99. The molecule has 1 aromatic heterocycles. The van der Waals surface area contributed by atoms with Crippen LogP contribution in [0.25, 0.3) is 0 Å². The zero-order valence-electron chi connectivity index (χ0n) is 17.6. The molecule has 0 saturated heterocycles. The van der Waals surface area contributed by atoms with E-state index in [-0.39, 0.29) is 5.91 Å². The fraction of sp³-hybridized carbons (Fsp3) is 0.0385. The maximum absolute atomic E-state index is 12.8. The van der Waals surface area contributed by atoms with Gasteiger partial charge >= 0.3 is 0 Å². The lowest BCUT2D eigenvalue weighted by molar-refractivity contribution is 0.0951. The van der Waals surface area contributed by atoms with Gasteiger partial charge in [0.15, 0.2) is 0 Å². The van der Waals surface area contributed by atoms with Crippen molar-refractivity contribution in [3.63, 3.8) is 0 Å². The Balaban J connectivity index is 1.52. The topological polar surface area (TPSA) is 54.4 Å². The highest BCUT2D eigenvalue weighted by Gasteiger charge is 2.20. The molecule has 5 rings (SSSR count). The van der Waals surface area contributed by atoms with Crippen LogP contribution >= 0.6 is 11.8 Å². The van der Waals surface area contributed by atoms with Crippen molar-refractivity contribution in [3.05, 3.63) is 114 Å². The van der Waals surface area contributed by atoms with E-state index in [4.69, 9.17) is 4.99 Å². The molecule has 1 aliphatic rings. The summed E-state index contributed by atoms with van der Waals surface area (Å²) in [5, 5.41) is 2.98. The second kappa shape index (κ2) is 8.85. The van der Waals surface area contributed by atoms with Gasteiger partial charge in [-0.25, -0.2) is 4.99 Å². The minimum Gasteiger partial charge on any atom is -0.348 e. The van der Waals surface area contributed by atoms with Crippen molar-refractivity contribution in [2.45, 2.75) is 16.3 Å². The normalized spacial score (nSPS) is 12.2. The second-order valence-corrected chi connectivity index (χ2v) is 8.73. The van der Waals surface area contributed by atoms with E-state index in [1.165, 1.54) is 5.46 Å². The van der Waals surface area contributed by atoms with Gasteiger partial charge in [-0.2, -0.15) is 0 Å². The number of amides is 1. The summed E-state index contributed by atoms with van der Waals surface area (Å²) in [7, 11) is 2.08. The first kappa shape index (κ1) is 20.3. The summed E-state index contributed by atoms with van der Waals surface area (Å²) < 4.78 is 0. The number of nitrogens with one attached hydrogen (secondary N) is 1. The van der Waals surface area contributed by atoms with E-state index in [9.17, 15) is 4.79 Å². The Bertz CT molecular complexity index is 1340. The molecule has 0 aliphatic carbocycles. The van der Waals surface area contributed by atoms with Gasteiger partial charge in [0.25, 0.3) is 5.91 Å². The third-order valence-electron chi connectivity index (χ3n) is 5.31. The summed E-state index contributed by atoms with van der Waals surface area (Å²) >= 11 is 1.68. The predicted molar refractivity (Wildman–Crippen MR) is 132 cm³/mol. The molecule has 4 aromatic rings. The lowest BCUT2D eigenvalue weighted by Gasteiger charge is -2.09. The van der Waals surface area contributed by atoms with E-state index in [2.05, 4.69) is 54.5 Å². The number of carbonyl (C=O) groups excluding carboxylic acids is 1. The molecule has 32 heavy (non-hydrogen) atoms. The minimum absolute atomic E-state index is 0.122. The molecule has 0 fully saturated rings. The first-order chi connectivity index (χ1) is 15.7. The Morgan fingerprint density at radius 2 is 1.75 bits per heavy atom. The lowest BCUT2D eigenvalue weighted by Crippen LogP contribution is -2.22. The number of nitrogens with zero attached hydrogens (tertiary/aromatic N) is 2. The van der Waals surface area contributed by atoms with E-state index in [0.717, 1.165) is 37.9 Å². The van der Waals surface area contributed by atoms with E-state index in [0.29, 0.717) is 12.1 Å². The van der Waals surface area contributed by atoms with Crippen LogP contribution in [0, 0.1) is 0 Å². The van der Waals surface area contributed by atoms with Crippen molar-refractivity contribution in [2.75, 3.05) is 0 Å². The smallest absolute Gasteiger partial charge is 0.251 e. The molecule has 0 saturated carbocycles. The molecule has 0 spiro atoms. The van der Waals surface area contributed by atoms with Gasteiger partial charge in [0, 0.05) is 45.4 Å². The number of hydrogen-bond donors (Lipinski definition) is 1. The van der Waals surface area contributed by atoms with Crippen LogP contribution in [0.15, 0.2) is 106 Å². The van der Waals surface area contributed by atoms with E-state index in [1.807, 2.05) is 42.5 Å². The van der Waals surface area contributed by atoms with Crippen LogP contribution in [0.2, 0.25) is 0 Å². The van der Waals surface area contributed by atoms with Crippen LogP contribution in [0.1, 0.15) is 27.0 Å². The summed E-state index contributed by atoms with van der Waals surface area (Å²) in [6.45, 7) is 0.455. The number of pyridine rings is 1. The van der Waals surface area contributed by atoms with Crippen LogP contribution in [-0.2, 0) is 6.54 Å². The zero-order chi connectivity index (χ0) is 21.9. The fourth-order valence-corrected chi connectivity index (χ4v) is 4.68. The molecular formula is C26H20BN3OS. The first-order valence-corrected chi connectivity index (χ1v) is 11.2. The van der Waals surface area contributed by atoms with Crippen LogP contribution in [0.4, 0.5) is 5.69 Å². The standard InChI is InChI=1S/C26H20BN3OS/c27-20-5-3-4-18(14-20)25-21-6-1-2-7-23(21)32-24-9-8-19(15-22(24)30-25)26(31)29-16-17-10-12-28-13-11-17/h1-15H,16,27H2,(H,29,31). The van der Waals surface area contributed by atoms with Gasteiger partial charge in [-0.1, -0.05) is 59.7 Å². The summed E-state index contributed by atoms with van der Waals surface area (Å²) in [5.41, 5.74) is 6.68. The number of benzene rings is 3. The van der Waals surface area contributed by atoms with Crippen LogP contribution in [-0.4, -0.2) is 24.4 Å². The van der Waals surface area contributed by atoms with Crippen molar-refractivity contribution < 1.29 is 4.79 Å². The maximum Gasteiger partial charge on any atom is 0.251 e. The predicted octanol–water partition coefficient (Wildman–Crippen LogP) is 3.90. The van der Waals surface area contributed by atoms with Gasteiger partial charge in [0.05, 0.1) is 11.4 Å². The Morgan fingerprint density at radius 3 is 2.59 bits per heavy atom. The molecule has 4 nitrogen and oxygen atoms in total. The number of rotatable bonds is 4. The van der Waals surface area contributed by atoms with Gasteiger partial charge in [-0.05, 0) is 42.0 Å². The van der Waals surface area contributed by atoms with Crippen molar-refractivity contribution in [2.24, 2.45) is 4.99 Å². The first-order valence-electron chi connectivity index (χ1n) is 10.4. The van der Waals surface area contributed by atoms with E-state index in [1.54, 1.807) is 24.2 Å². The van der Waals surface area contributed by atoms with Gasteiger partial charge < -0.3 is 5.32 Å². The Kier molecular flexibility index (Phi) is 5.61. The maximum atomic E-state index is 12.8. The average molecular weight is 433 g/mol. The van der Waals surface area contributed by atoms with Gasteiger partial charge in [0.2, 0.25) is 0 Å². The minimum atomic E-state index is -0.122. The Labute approximate surface area is 192 Å². The molecular weight excluding hydrogens is 413 g/mol. The Hall–Kier alpha value is -3.64. The van der Waals surface area contributed by atoms with Crippen LogP contribution in [0.5, 0.6) is 0 Å². The number of fused-ring (bicyclic) bond motifs is 2. The number of aromatic nitrogens is 1. The van der Waals surface area contributed by atoms with Crippen LogP contribution in [0.3, 0.4) is 0 Å². The molecule has 2 heterocycles. The molecule has 6 heteroatoms. The van der Waals surface area contributed by atoms with E-state index < -0.39 is 0 Å². The quantitative estimate of drug-likeness (QED) is 0.438. The largest absolute Gasteiger partial charge is 0.348 e. The number of carbonyl (C=O) groups is 1. The third kappa shape index (κ3) is 4.22. The highest BCUT2D eigenvalue weighted by Crippen LogP contribution is 2.41. The second-order valence-electron chi connectivity index (χ2n) is 7.65. The zero-order valence-corrected chi connectivity index (χ0v) is 18.4. The molecule has 154 valence electrons.